The van der Waals surface area contributed by atoms with Gasteiger partial charge in [0.05, 0.1) is 15.1 Å². The zero-order valence-electron chi connectivity index (χ0n) is 16.2. The van der Waals surface area contributed by atoms with Gasteiger partial charge in [-0.1, -0.05) is 16.8 Å². The van der Waals surface area contributed by atoms with E-state index in [4.69, 9.17) is 16.6 Å². The quantitative estimate of drug-likeness (QED) is 0.462. The number of anilines is 1. The summed E-state index contributed by atoms with van der Waals surface area (Å²) >= 11 is 7.49. The third kappa shape index (κ3) is 3.24. The average Bonchev–Trinajstić information content (AvgIpc) is 3.32. The number of halogens is 1. The highest BCUT2D eigenvalue weighted by molar-refractivity contribution is 7.91. The molecule has 156 valence electrons. The van der Waals surface area contributed by atoms with Crippen LogP contribution < -0.4 is 4.90 Å². The van der Waals surface area contributed by atoms with Crippen molar-refractivity contribution in [3.63, 3.8) is 0 Å². The second-order valence-corrected chi connectivity index (χ2v) is 10.5. The van der Waals surface area contributed by atoms with Crippen LogP contribution in [0.5, 0.6) is 0 Å². The topological polar surface area (TPSA) is 83.7 Å². The molecule has 1 saturated heterocycles. The SMILES string of the molecule is CN1CCCN(c2nc3c(S(=O)(=O)c4ccc(Cl)cc4)nnn3c3ccsc23)CC1. The molecule has 1 aliphatic heterocycles. The summed E-state index contributed by atoms with van der Waals surface area (Å²) in [6.07, 6.45) is 1.02. The van der Waals surface area contributed by atoms with E-state index in [2.05, 4.69) is 27.2 Å². The van der Waals surface area contributed by atoms with Crippen LogP contribution in [-0.2, 0) is 9.84 Å². The van der Waals surface area contributed by atoms with E-state index < -0.39 is 9.84 Å². The molecule has 3 aromatic heterocycles. The molecule has 0 spiro atoms. The summed E-state index contributed by atoms with van der Waals surface area (Å²) < 4.78 is 29.0. The molecule has 0 radical (unpaired) electrons. The Hall–Kier alpha value is -2.27. The molecule has 0 bridgehead atoms. The highest BCUT2D eigenvalue weighted by Crippen LogP contribution is 2.33. The van der Waals surface area contributed by atoms with Gasteiger partial charge in [-0.2, -0.15) is 4.52 Å². The number of thiophene rings is 1. The number of hydrogen-bond acceptors (Lipinski definition) is 8. The van der Waals surface area contributed by atoms with Gasteiger partial charge < -0.3 is 9.80 Å². The molecule has 5 rings (SSSR count). The first kappa shape index (κ1) is 19.7. The first-order valence-corrected chi connectivity index (χ1v) is 12.3. The van der Waals surface area contributed by atoms with Crippen molar-refractivity contribution < 1.29 is 8.42 Å². The molecule has 1 aromatic carbocycles. The summed E-state index contributed by atoms with van der Waals surface area (Å²) in [5.41, 5.74) is 1.05. The van der Waals surface area contributed by atoms with Crippen molar-refractivity contribution in [3.8, 4) is 0 Å². The predicted molar refractivity (Wildman–Crippen MR) is 117 cm³/mol. The Bertz CT molecular complexity index is 1330. The van der Waals surface area contributed by atoms with Gasteiger partial charge in [0.25, 0.3) is 0 Å². The van der Waals surface area contributed by atoms with Gasteiger partial charge in [-0.05, 0) is 55.7 Å². The Morgan fingerprint density at radius 1 is 1.07 bits per heavy atom. The van der Waals surface area contributed by atoms with Gasteiger partial charge in [-0.3, -0.25) is 0 Å². The number of hydrogen-bond donors (Lipinski definition) is 0. The van der Waals surface area contributed by atoms with E-state index in [1.807, 2.05) is 11.4 Å². The van der Waals surface area contributed by atoms with E-state index in [1.54, 1.807) is 23.5 Å². The lowest BCUT2D eigenvalue weighted by Gasteiger charge is -2.22. The van der Waals surface area contributed by atoms with Crippen molar-refractivity contribution in [2.24, 2.45) is 0 Å². The van der Waals surface area contributed by atoms with Crippen LogP contribution in [0.1, 0.15) is 6.42 Å². The number of benzene rings is 1. The summed E-state index contributed by atoms with van der Waals surface area (Å²) in [4.78, 5) is 9.42. The minimum atomic E-state index is -3.89. The number of nitrogens with zero attached hydrogens (tertiary/aromatic N) is 6. The molecule has 0 N–H and O–H groups in total. The highest BCUT2D eigenvalue weighted by Gasteiger charge is 2.28. The monoisotopic (exact) mass is 462 g/mol. The Morgan fingerprint density at radius 2 is 1.87 bits per heavy atom. The molecule has 1 fully saturated rings. The number of aromatic nitrogens is 4. The van der Waals surface area contributed by atoms with Crippen molar-refractivity contribution in [1.29, 1.82) is 0 Å². The van der Waals surface area contributed by atoms with E-state index in [9.17, 15) is 8.42 Å². The lowest BCUT2D eigenvalue weighted by atomic mass is 10.3. The second-order valence-electron chi connectivity index (χ2n) is 7.30. The summed E-state index contributed by atoms with van der Waals surface area (Å²) in [6, 6.07) is 7.96. The van der Waals surface area contributed by atoms with Crippen LogP contribution in [0.4, 0.5) is 5.82 Å². The molecule has 30 heavy (non-hydrogen) atoms. The largest absolute Gasteiger partial charge is 0.354 e. The predicted octanol–water partition coefficient (Wildman–Crippen LogP) is 2.97. The van der Waals surface area contributed by atoms with Crippen molar-refractivity contribution >= 4 is 54.5 Å². The van der Waals surface area contributed by atoms with Crippen LogP contribution >= 0.6 is 22.9 Å². The highest BCUT2D eigenvalue weighted by atomic mass is 35.5. The van der Waals surface area contributed by atoms with E-state index in [0.717, 1.165) is 48.6 Å². The van der Waals surface area contributed by atoms with Crippen LogP contribution in [-0.4, -0.2) is 66.4 Å². The third-order valence-electron chi connectivity index (χ3n) is 5.30. The van der Waals surface area contributed by atoms with Gasteiger partial charge in [0.1, 0.15) is 0 Å². The van der Waals surface area contributed by atoms with Crippen LogP contribution in [0.15, 0.2) is 45.6 Å². The maximum atomic E-state index is 13.3. The van der Waals surface area contributed by atoms with Crippen molar-refractivity contribution in [1.82, 2.24) is 24.7 Å². The van der Waals surface area contributed by atoms with Crippen LogP contribution in [0, 0.1) is 0 Å². The maximum Gasteiger partial charge on any atom is 0.229 e. The fraction of sp³-hybridized carbons (Fsp3) is 0.316. The van der Waals surface area contributed by atoms with Gasteiger partial charge >= 0.3 is 0 Å². The third-order valence-corrected chi connectivity index (χ3v) is 8.12. The lowest BCUT2D eigenvalue weighted by molar-refractivity contribution is 0.360. The average molecular weight is 463 g/mol. The van der Waals surface area contributed by atoms with Gasteiger partial charge in [0, 0.05) is 24.7 Å². The van der Waals surface area contributed by atoms with Gasteiger partial charge in [0.15, 0.2) is 11.5 Å². The molecule has 0 amide bonds. The number of fused-ring (bicyclic) bond motifs is 3. The van der Waals surface area contributed by atoms with Gasteiger partial charge in [-0.25, -0.2) is 13.4 Å². The molecule has 1 aliphatic rings. The van der Waals surface area contributed by atoms with E-state index >= 15 is 0 Å². The van der Waals surface area contributed by atoms with Crippen LogP contribution in [0.2, 0.25) is 5.02 Å². The Kier molecular flexibility index (Phi) is 4.89. The van der Waals surface area contributed by atoms with Crippen LogP contribution in [0.3, 0.4) is 0 Å². The maximum absolute atomic E-state index is 13.3. The Morgan fingerprint density at radius 3 is 2.67 bits per heavy atom. The minimum absolute atomic E-state index is 0.111. The van der Waals surface area contributed by atoms with E-state index in [-0.39, 0.29) is 15.6 Å². The standard InChI is InChI=1S/C19H19ClN6O2S2/c1-24-8-2-9-25(11-10-24)17-16-15(7-12-29-16)26-18(21-17)19(22-23-26)30(27,28)14-5-3-13(20)4-6-14/h3-7,12H,2,8-11H2,1H3. The minimum Gasteiger partial charge on any atom is -0.354 e. The van der Waals surface area contributed by atoms with Crippen molar-refractivity contribution in [2.75, 3.05) is 38.1 Å². The fourth-order valence-electron chi connectivity index (χ4n) is 3.68. The molecule has 4 aromatic rings. The fourth-order valence-corrected chi connectivity index (χ4v) is 5.93. The van der Waals surface area contributed by atoms with Gasteiger partial charge in [-0.15, -0.1) is 16.4 Å². The molecular formula is C19H19ClN6O2S2. The molecule has 11 heteroatoms. The molecule has 0 aliphatic carbocycles. The second kappa shape index (κ2) is 7.45. The van der Waals surface area contributed by atoms with E-state index in [0.29, 0.717) is 5.02 Å². The summed E-state index contributed by atoms with van der Waals surface area (Å²) in [5.74, 6) is 0.789. The van der Waals surface area contributed by atoms with Crippen molar-refractivity contribution in [2.45, 2.75) is 16.3 Å². The molecule has 0 unspecified atom stereocenters. The lowest BCUT2D eigenvalue weighted by Crippen LogP contribution is -2.29. The van der Waals surface area contributed by atoms with Gasteiger partial charge in [0.2, 0.25) is 14.9 Å². The number of rotatable bonds is 3. The van der Waals surface area contributed by atoms with Crippen LogP contribution in [0.25, 0.3) is 15.9 Å². The molecular weight excluding hydrogens is 444 g/mol. The molecule has 0 atom stereocenters. The smallest absolute Gasteiger partial charge is 0.229 e. The Labute approximate surface area is 182 Å². The molecule has 8 nitrogen and oxygen atoms in total. The van der Waals surface area contributed by atoms with Crippen molar-refractivity contribution in [3.05, 3.63) is 40.7 Å². The first-order valence-electron chi connectivity index (χ1n) is 9.52. The zero-order valence-corrected chi connectivity index (χ0v) is 18.6. The summed E-state index contributed by atoms with van der Waals surface area (Å²) in [7, 11) is -1.78. The summed E-state index contributed by atoms with van der Waals surface area (Å²) in [6.45, 7) is 3.64. The normalized spacial score (nSPS) is 16.4. The molecule has 4 heterocycles. The summed E-state index contributed by atoms with van der Waals surface area (Å²) in [5, 5.41) is 10.4. The Balaban J connectivity index is 1.69. The first-order chi connectivity index (χ1) is 14.4. The zero-order chi connectivity index (χ0) is 20.9. The number of likely N-dealkylation sites (N-methyl/N-ethyl adjacent to an activating group) is 1. The van der Waals surface area contributed by atoms with E-state index in [1.165, 1.54) is 16.6 Å². The molecule has 0 saturated carbocycles. The number of sulfone groups is 1.